The quantitative estimate of drug-likeness (QED) is 0.699. The third-order valence-corrected chi connectivity index (χ3v) is 7.01. The van der Waals surface area contributed by atoms with Crippen molar-refractivity contribution in [1.82, 2.24) is 4.90 Å². The molecule has 2 aromatic carbocycles. The lowest BCUT2D eigenvalue weighted by atomic mass is 9.90. The smallest absolute Gasteiger partial charge is 0.251 e. The molecule has 2 heterocycles. The summed E-state index contributed by atoms with van der Waals surface area (Å²) in [6.45, 7) is 9.98. The number of hydrogen-bond donors (Lipinski definition) is 2. The average Bonchev–Trinajstić information content (AvgIpc) is 3.34. The van der Waals surface area contributed by atoms with Gasteiger partial charge in [0.25, 0.3) is 5.91 Å². The molecule has 1 atom stereocenters. The third kappa shape index (κ3) is 3.94. The Morgan fingerprint density at radius 1 is 1.06 bits per heavy atom. The Kier molecular flexibility index (Phi) is 6.13. The number of phenols is 1. The molecule has 170 valence electrons. The second-order valence-corrected chi connectivity index (χ2v) is 9.00. The van der Waals surface area contributed by atoms with Gasteiger partial charge in [0.2, 0.25) is 5.91 Å². The standard InChI is InChI=1S/C26H33N3O3/c1-5-23(30)29-13-10-19-8-9-20(28-11-6-7-12-28)15-21(19)24(29)26(32)27-22-14-16(2)25(31)18(4)17(22)3/h8-9,14-15,24,31H,5-7,10-13H2,1-4H3,(H,27,32). The number of phenolic OH excluding ortho intramolecular Hbond substituents is 1. The normalized spacial score (nSPS) is 17.9. The first-order chi connectivity index (χ1) is 15.3. The van der Waals surface area contributed by atoms with Crippen LogP contribution in [0.25, 0.3) is 0 Å². The summed E-state index contributed by atoms with van der Waals surface area (Å²) < 4.78 is 0. The number of nitrogens with one attached hydrogen (secondary N) is 1. The molecule has 0 aromatic heterocycles. The van der Waals surface area contributed by atoms with Gasteiger partial charge in [-0.25, -0.2) is 0 Å². The molecule has 2 aliphatic heterocycles. The van der Waals surface area contributed by atoms with Gasteiger partial charge in [-0.3, -0.25) is 9.59 Å². The molecule has 2 amide bonds. The molecular formula is C26H33N3O3. The van der Waals surface area contributed by atoms with Gasteiger partial charge in [-0.15, -0.1) is 0 Å². The molecule has 1 saturated heterocycles. The van der Waals surface area contributed by atoms with Crippen LogP contribution >= 0.6 is 0 Å². The van der Waals surface area contributed by atoms with E-state index < -0.39 is 6.04 Å². The van der Waals surface area contributed by atoms with E-state index >= 15 is 0 Å². The molecule has 0 saturated carbocycles. The van der Waals surface area contributed by atoms with E-state index in [2.05, 4.69) is 28.4 Å². The highest BCUT2D eigenvalue weighted by Crippen LogP contribution is 2.36. The highest BCUT2D eigenvalue weighted by Gasteiger charge is 2.36. The molecular weight excluding hydrogens is 402 g/mol. The lowest BCUT2D eigenvalue weighted by molar-refractivity contribution is -0.139. The minimum atomic E-state index is -0.664. The highest BCUT2D eigenvalue weighted by atomic mass is 16.3. The van der Waals surface area contributed by atoms with E-state index in [9.17, 15) is 14.7 Å². The van der Waals surface area contributed by atoms with Crippen LogP contribution in [0, 0.1) is 20.8 Å². The van der Waals surface area contributed by atoms with Gasteiger partial charge in [-0.2, -0.15) is 0 Å². The van der Waals surface area contributed by atoms with E-state index in [1.165, 1.54) is 12.8 Å². The maximum absolute atomic E-state index is 13.7. The van der Waals surface area contributed by atoms with Crippen LogP contribution in [0.5, 0.6) is 5.75 Å². The number of benzene rings is 2. The average molecular weight is 436 g/mol. The van der Waals surface area contributed by atoms with Crippen molar-refractivity contribution in [3.63, 3.8) is 0 Å². The Bertz CT molecular complexity index is 1060. The molecule has 0 bridgehead atoms. The lowest BCUT2D eigenvalue weighted by Crippen LogP contribution is -2.45. The molecule has 0 spiro atoms. The summed E-state index contributed by atoms with van der Waals surface area (Å²) in [5.74, 6) is 0.0256. The number of fused-ring (bicyclic) bond motifs is 1. The van der Waals surface area contributed by atoms with E-state index in [1.54, 1.807) is 11.0 Å². The van der Waals surface area contributed by atoms with Crippen LogP contribution in [0.4, 0.5) is 11.4 Å². The van der Waals surface area contributed by atoms with Crippen LogP contribution in [0.15, 0.2) is 24.3 Å². The molecule has 0 radical (unpaired) electrons. The fourth-order valence-electron chi connectivity index (χ4n) is 4.93. The van der Waals surface area contributed by atoms with Crippen LogP contribution in [0.3, 0.4) is 0 Å². The minimum absolute atomic E-state index is 0.0165. The van der Waals surface area contributed by atoms with Crippen LogP contribution < -0.4 is 10.2 Å². The molecule has 1 fully saturated rings. The number of carbonyl (C=O) groups excluding carboxylic acids is 2. The number of aromatic hydroxyl groups is 1. The number of rotatable bonds is 4. The van der Waals surface area contributed by atoms with Crippen molar-refractivity contribution in [2.75, 3.05) is 29.9 Å². The van der Waals surface area contributed by atoms with Crippen LogP contribution in [-0.2, 0) is 16.0 Å². The predicted octanol–water partition coefficient (Wildman–Crippen LogP) is 4.39. The summed E-state index contributed by atoms with van der Waals surface area (Å²) in [5.41, 5.74) is 6.14. The van der Waals surface area contributed by atoms with Gasteiger partial charge in [0, 0.05) is 37.4 Å². The summed E-state index contributed by atoms with van der Waals surface area (Å²) in [5, 5.41) is 13.3. The van der Waals surface area contributed by atoms with E-state index in [1.807, 2.05) is 27.7 Å². The maximum Gasteiger partial charge on any atom is 0.251 e. The first kappa shape index (κ1) is 22.2. The summed E-state index contributed by atoms with van der Waals surface area (Å²) >= 11 is 0. The summed E-state index contributed by atoms with van der Waals surface area (Å²) in [4.78, 5) is 30.6. The highest BCUT2D eigenvalue weighted by molar-refractivity contribution is 5.99. The van der Waals surface area contributed by atoms with Crippen LogP contribution in [0.1, 0.15) is 60.0 Å². The number of amides is 2. The fraction of sp³-hybridized carbons (Fsp3) is 0.462. The summed E-state index contributed by atoms with van der Waals surface area (Å²) in [6.07, 6.45) is 3.48. The van der Waals surface area contributed by atoms with E-state index in [4.69, 9.17) is 0 Å². The third-order valence-electron chi connectivity index (χ3n) is 7.01. The second kappa shape index (κ2) is 8.85. The SMILES string of the molecule is CCC(=O)N1CCc2ccc(N3CCCC3)cc2C1C(=O)Nc1cc(C)c(O)c(C)c1C. The first-order valence-electron chi connectivity index (χ1n) is 11.6. The number of hydrogen-bond acceptors (Lipinski definition) is 4. The summed E-state index contributed by atoms with van der Waals surface area (Å²) in [6, 6.07) is 7.51. The molecule has 2 aliphatic rings. The van der Waals surface area contributed by atoms with Gasteiger partial charge < -0.3 is 20.2 Å². The molecule has 0 aliphatic carbocycles. The van der Waals surface area contributed by atoms with Gasteiger partial charge in [0.05, 0.1) is 0 Å². The Hall–Kier alpha value is -3.02. The van der Waals surface area contributed by atoms with Gasteiger partial charge >= 0.3 is 0 Å². The van der Waals surface area contributed by atoms with Crippen molar-refractivity contribution in [3.05, 3.63) is 52.1 Å². The molecule has 6 nitrogen and oxygen atoms in total. The number of nitrogens with zero attached hydrogens (tertiary/aromatic N) is 2. The second-order valence-electron chi connectivity index (χ2n) is 9.00. The van der Waals surface area contributed by atoms with Crippen molar-refractivity contribution in [2.45, 2.75) is 59.4 Å². The predicted molar refractivity (Wildman–Crippen MR) is 127 cm³/mol. The monoisotopic (exact) mass is 435 g/mol. The Morgan fingerprint density at radius 3 is 2.47 bits per heavy atom. The molecule has 4 rings (SSSR count). The van der Waals surface area contributed by atoms with Crippen molar-refractivity contribution >= 4 is 23.2 Å². The van der Waals surface area contributed by atoms with Crippen molar-refractivity contribution in [3.8, 4) is 5.75 Å². The van der Waals surface area contributed by atoms with E-state index in [-0.39, 0.29) is 17.6 Å². The fourth-order valence-corrected chi connectivity index (χ4v) is 4.93. The Balaban J connectivity index is 1.73. The number of anilines is 2. The van der Waals surface area contributed by atoms with Crippen LogP contribution in [-0.4, -0.2) is 41.5 Å². The minimum Gasteiger partial charge on any atom is -0.507 e. The zero-order chi connectivity index (χ0) is 23.0. The molecule has 1 unspecified atom stereocenters. The lowest BCUT2D eigenvalue weighted by Gasteiger charge is -2.37. The van der Waals surface area contributed by atoms with Crippen molar-refractivity contribution in [1.29, 1.82) is 0 Å². The van der Waals surface area contributed by atoms with Crippen LogP contribution in [0.2, 0.25) is 0 Å². The molecule has 32 heavy (non-hydrogen) atoms. The Labute approximate surface area is 190 Å². The number of aryl methyl sites for hydroxylation is 1. The molecule has 2 aromatic rings. The largest absolute Gasteiger partial charge is 0.507 e. The molecule has 2 N–H and O–H groups in total. The van der Waals surface area contributed by atoms with Gasteiger partial charge in [-0.05, 0) is 86.1 Å². The maximum atomic E-state index is 13.7. The zero-order valence-corrected chi connectivity index (χ0v) is 19.5. The zero-order valence-electron chi connectivity index (χ0n) is 19.5. The van der Waals surface area contributed by atoms with Gasteiger partial charge in [0.15, 0.2) is 0 Å². The van der Waals surface area contributed by atoms with E-state index in [0.717, 1.165) is 47.5 Å². The molecule has 6 heteroatoms. The first-order valence-corrected chi connectivity index (χ1v) is 11.6. The van der Waals surface area contributed by atoms with E-state index in [0.29, 0.717) is 24.2 Å². The van der Waals surface area contributed by atoms with Gasteiger partial charge in [-0.1, -0.05) is 13.0 Å². The van der Waals surface area contributed by atoms with Crippen molar-refractivity contribution < 1.29 is 14.7 Å². The topological polar surface area (TPSA) is 72.9 Å². The number of carbonyl (C=O) groups is 2. The summed E-state index contributed by atoms with van der Waals surface area (Å²) in [7, 11) is 0. The van der Waals surface area contributed by atoms with Crippen molar-refractivity contribution in [2.24, 2.45) is 0 Å². The van der Waals surface area contributed by atoms with Gasteiger partial charge in [0.1, 0.15) is 11.8 Å². The Morgan fingerprint density at radius 2 is 1.78 bits per heavy atom.